The maximum atomic E-state index is 12.0. The fraction of sp³-hybridized carbons (Fsp3) is 0.667. The van der Waals surface area contributed by atoms with Gasteiger partial charge in [-0.15, -0.1) is 0 Å². The number of carbonyl (C=O) groups is 1. The first-order chi connectivity index (χ1) is 8.35. The molecule has 1 unspecified atom stereocenters. The average molecular weight is 316 g/mol. The molecule has 0 fully saturated rings. The van der Waals surface area contributed by atoms with E-state index in [1.54, 1.807) is 0 Å². The summed E-state index contributed by atoms with van der Waals surface area (Å²) in [7, 11) is 0. The first kappa shape index (κ1) is 13.5. The number of imidazole rings is 1. The molecule has 0 bridgehead atoms. The topological polar surface area (TPSA) is 56.2 Å². The molecule has 1 aromatic heterocycles. The number of ether oxygens (including phenoxy) is 1. The minimum atomic E-state index is -0.443. The second-order valence-electron chi connectivity index (χ2n) is 5.43. The van der Waals surface area contributed by atoms with E-state index in [0.29, 0.717) is 13.0 Å². The van der Waals surface area contributed by atoms with Crippen LogP contribution in [0.5, 0.6) is 0 Å². The molecule has 0 aromatic carbocycles. The predicted octanol–water partition coefficient (Wildman–Crippen LogP) is 1.85. The molecule has 0 saturated heterocycles. The Hall–Kier alpha value is -0.880. The summed E-state index contributed by atoms with van der Waals surface area (Å²) in [5.41, 5.74) is -0.443. The van der Waals surface area contributed by atoms with Crippen LogP contribution in [0.2, 0.25) is 0 Å². The number of esters is 1. The van der Waals surface area contributed by atoms with Crippen LogP contribution in [0, 0.1) is 0 Å². The predicted molar refractivity (Wildman–Crippen MR) is 71.0 cm³/mol. The number of halogens is 1. The van der Waals surface area contributed by atoms with Crippen LogP contribution in [-0.4, -0.2) is 27.2 Å². The highest BCUT2D eigenvalue weighted by atomic mass is 79.9. The molecular weight excluding hydrogens is 298 g/mol. The summed E-state index contributed by atoms with van der Waals surface area (Å²) in [6.07, 6.45) is 2.65. The number of rotatable bonds is 1. The Morgan fingerprint density at radius 2 is 2.33 bits per heavy atom. The third kappa shape index (κ3) is 3.32. The molecule has 1 atom stereocenters. The Kier molecular flexibility index (Phi) is 3.77. The van der Waals surface area contributed by atoms with Gasteiger partial charge >= 0.3 is 5.97 Å². The van der Waals surface area contributed by atoms with E-state index in [9.17, 15) is 4.79 Å². The van der Waals surface area contributed by atoms with Crippen LogP contribution < -0.4 is 5.32 Å². The molecular formula is C12H18BrN3O2. The first-order valence-electron chi connectivity index (χ1n) is 6.03. The number of hydrogen-bond acceptors (Lipinski definition) is 4. The van der Waals surface area contributed by atoms with Gasteiger partial charge in [0, 0.05) is 12.7 Å². The summed E-state index contributed by atoms with van der Waals surface area (Å²) in [6.45, 7) is 6.98. The third-order valence-corrected chi connectivity index (χ3v) is 3.07. The van der Waals surface area contributed by atoms with Crippen molar-refractivity contribution in [3.63, 3.8) is 0 Å². The zero-order valence-corrected chi connectivity index (χ0v) is 12.5. The van der Waals surface area contributed by atoms with Crippen molar-refractivity contribution in [2.24, 2.45) is 0 Å². The van der Waals surface area contributed by atoms with Gasteiger partial charge in [0.15, 0.2) is 0 Å². The molecule has 0 saturated carbocycles. The minimum Gasteiger partial charge on any atom is -0.459 e. The van der Waals surface area contributed by atoms with Crippen molar-refractivity contribution in [3.8, 4) is 0 Å². The summed E-state index contributed by atoms with van der Waals surface area (Å²) >= 11 is 3.35. The van der Waals surface area contributed by atoms with Crippen LogP contribution in [0.3, 0.4) is 0 Å². The standard InChI is InChI=1S/C12H18BrN3O2/c1-12(2,3)18-11(17)8-4-5-16-7-9(13)15-10(16)6-14-8/h7-8,14H,4-6H2,1-3H3. The molecule has 18 heavy (non-hydrogen) atoms. The van der Waals surface area contributed by atoms with Crippen molar-refractivity contribution in [1.82, 2.24) is 14.9 Å². The van der Waals surface area contributed by atoms with Crippen LogP contribution in [0.4, 0.5) is 0 Å². The van der Waals surface area contributed by atoms with Crippen LogP contribution in [0.1, 0.15) is 33.0 Å². The van der Waals surface area contributed by atoms with Gasteiger partial charge in [0.2, 0.25) is 0 Å². The maximum Gasteiger partial charge on any atom is 0.323 e. The van der Waals surface area contributed by atoms with E-state index in [4.69, 9.17) is 4.74 Å². The van der Waals surface area contributed by atoms with Crippen LogP contribution in [0.25, 0.3) is 0 Å². The maximum absolute atomic E-state index is 12.0. The van der Waals surface area contributed by atoms with Gasteiger partial charge in [0.05, 0.1) is 6.54 Å². The lowest BCUT2D eigenvalue weighted by Gasteiger charge is -2.23. The normalized spacial score (nSPS) is 20.1. The number of aryl methyl sites for hydroxylation is 1. The Labute approximate surface area is 115 Å². The molecule has 0 amide bonds. The van der Waals surface area contributed by atoms with Crippen molar-refractivity contribution >= 4 is 21.9 Å². The number of nitrogens with one attached hydrogen (secondary N) is 1. The SMILES string of the molecule is CC(C)(C)OC(=O)C1CCn2cc(Br)nc2CN1. The molecule has 0 aliphatic carbocycles. The van der Waals surface area contributed by atoms with Crippen LogP contribution in [0.15, 0.2) is 10.8 Å². The quantitative estimate of drug-likeness (QED) is 0.804. The van der Waals surface area contributed by atoms with Gasteiger partial charge < -0.3 is 9.30 Å². The number of hydrogen-bond donors (Lipinski definition) is 1. The highest BCUT2D eigenvalue weighted by Crippen LogP contribution is 2.16. The van der Waals surface area contributed by atoms with Crippen molar-refractivity contribution in [2.45, 2.75) is 51.9 Å². The van der Waals surface area contributed by atoms with E-state index >= 15 is 0 Å². The fourth-order valence-electron chi connectivity index (χ4n) is 1.91. The summed E-state index contributed by atoms with van der Waals surface area (Å²) in [5.74, 6) is 0.750. The average Bonchev–Trinajstić information content (AvgIpc) is 2.45. The Balaban J connectivity index is 2.00. The molecule has 6 heteroatoms. The van der Waals surface area contributed by atoms with Gasteiger partial charge in [-0.1, -0.05) is 0 Å². The van der Waals surface area contributed by atoms with Crippen LogP contribution >= 0.6 is 15.9 Å². The fourth-order valence-corrected chi connectivity index (χ4v) is 2.36. The second kappa shape index (κ2) is 5.01. The Bertz CT molecular complexity index is 425. The van der Waals surface area contributed by atoms with Crippen molar-refractivity contribution in [2.75, 3.05) is 0 Å². The molecule has 0 spiro atoms. The van der Waals surface area contributed by atoms with E-state index in [0.717, 1.165) is 17.0 Å². The van der Waals surface area contributed by atoms with Crippen molar-refractivity contribution in [3.05, 3.63) is 16.6 Å². The van der Waals surface area contributed by atoms with Gasteiger partial charge in [0.1, 0.15) is 22.1 Å². The Morgan fingerprint density at radius 3 is 3.00 bits per heavy atom. The van der Waals surface area contributed by atoms with Gasteiger partial charge in [0.25, 0.3) is 0 Å². The lowest BCUT2D eigenvalue weighted by molar-refractivity contribution is -0.157. The summed E-state index contributed by atoms with van der Waals surface area (Å²) < 4.78 is 8.28. The molecule has 100 valence electrons. The number of aromatic nitrogens is 2. The highest BCUT2D eigenvalue weighted by Gasteiger charge is 2.27. The molecule has 0 radical (unpaired) electrons. The van der Waals surface area contributed by atoms with Gasteiger partial charge in [-0.05, 0) is 43.1 Å². The van der Waals surface area contributed by atoms with E-state index in [1.807, 2.05) is 27.0 Å². The lowest BCUT2D eigenvalue weighted by atomic mass is 10.1. The number of nitrogens with zero attached hydrogens (tertiary/aromatic N) is 2. The first-order valence-corrected chi connectivity index (χ1v) is 6.82. The molecule has 2 heterocycles. The van der Waals surface area contributed by atoms with E-state index in [1.165, 1.54) is 0 Å². The monoisotopic (exact) mass is 315 g/mol. The summed E-state index contributed by atoms with van der Waals surface area (Å²) in [5, 5.41) is 3.19. The Morgan fingerprint density at radius 1 is 1.61 bits per heavy atom. The van der Waals surface area contributed by atoms with Crippen molar-refractivity contribution in [1.29, 1.82) is 0 Å². The van der Waals surface area contributed by atoms with Gasteiger partial charge in [-0.3, -0.25) is 10.1 Å². The minimum absolute atomic E-state index is 0.188. The lowest BCUT2D eigenvalue weighted by Crippen LogP contribution is -2.40. The summed E-state index contributed by atoms with van der Waals surface area (Å²) in [4.78, 5) is 16.3. The van der Waals surface area contributed by atoms with Gasteiger partial charge in [-0.25, -0.2) is 4.98 Å². The summed E-state index contributed by atoms with van der Waals surface area (Å²) in [6, 6.07) is -0.260. The third-order valence-electron chi connectivity index (χ3n) is 2.69. The van der Waals surface area contributed by atoms with Crippen LogP contribution in [-0.2, 0) is 22.6 Å². The zero-order valence-electron chi connectivity index (χ0n) is 10.9. The molecule has 1 aliphatic heterocycles. The largest absolute Gasteiger partial charge is 0.459 e. The molecule has 5 nitrogen and oxygen atoms in total. The number of fused-ring (bicyclic) bond motifs is 1. The number of carbonyl (C=O) groups excluding carboxylic acids is 1. The van der Waals surface area contributed by atoms with E-state index in [-0.39, 0.29) is 12.0 Å². The smallest absolute Gasteiger partial charge is 0.323 e. The van der Waals surface area contributed by atoms with Crippen molar-refractivity contribution < 1.29 is 9.53 Å². The highest BCUT2D eigenvalue weighted by molar-refractivity contribution is 9.10. The zero-order chi connectivity index (χ0) is 13.3. The van der Waals surface area contributed by atoms with E-state index in [2.05, 4.69) is 30.8 Å². The molecule has 1 N–H and O–H groups in total. The second-order valence-corrected chi connectivity index (χ2v) is 6.24. The molecule has 1 aliphatic rings. The van der Waals surface area contributed by atoms with Gasteiger partial charge in [-0.2, -0.15) is 0 Å². The molecule has 1 aromatic rings. The van der Waals surface area contributed by atoms with E-state index < -0.39 is 5.60 Å². The molecule has 2 rings (SSSR count).